The number of ether oxygens (including phenoxy) is 2. The van der Waals surface area contributed by atoms with Crippen LogP contribution < -0.4 is 10.1 Å². The summed E-state index contributed by atoms with van der Waals surface area (Å²) >= 11 is 0. The number of halogens is 1. The quantitative estimate of drug-likeness (QED) is 0.918. The molecule has 1 heterocycles. The molecule has 0 radical (unpaired) electrons. The van der Waals surface area contributed by atoms with E-state index >= 15 is 0 Å². The zero-order chi connectivity index (χ0) is 14.2. The van der Waals surface area contributed by atoms with Crippen LogP contribution in [0.5, 0.6) is 5.75 Å². The van der Waals surface area contributed by atoms with E-state index in [1.54, 1.807) is 12.1 Å². The lowest BCUT2D eigenvalue weighted by Crippen LogP contribution is -2.56. The summed E-state index contributed by atoms with van der Waals surface area (Å²) in [6, 6.07) is 4.99. The first-order chi connectivity index (χ1) is 9.65. The number of hydrogen-bond acceptors (Lipinski definition) is 3. The van der Waals surface area contributed by atoms with E-state index in [1.165, 1.54) is 6.07 Å². The predicted octanol–water partition coefficient (Wildman–Crippen LogP) is 3.20. The second-order valence-corrected chi connectivity index (χ2v) is 5.77. The largest absolute Gasteiger partial charge is 0.487 e. The molecule has 0 bridgehead atoms. The summed E-state index contributed by atoms with van der Waals surface area (Å²) in [7, 11) is 0. The number of benzene rings is 1. The molecule has 20 heavy (non-hydrogen) atoms. The second kappa shape index (κ2) is 5.34. The van der Waals surface area contributed by atoms with Crippen LogP contribution in [0.2, 0.25) is 0 Å². The van der Waals surface area contributed by atoms with E-state index in [4.69, 9.17) is 9.47 Å². The number of hydrogen-bond donors (Lipinski definition) is 1. The van der Waals surface area contributed by atoms with Gasteiger partial charge >= 0.3 is 0 Å². The molecule has 3 rings (SSSR count). The van der Waals surface area contributed by atoms with E-state index in [0.29, 0.717) is 6.10 Å². The van der Waals surface area contributed by atoms with Crippen LogP contribution in [0.25, 0.3) is 0 Å². The van der Waals surface area contributed by atoms with Gasteiger partial charge in [-0.05, 0) is 31.7 Å². The second-order valence-electron chi connectivity index (χ2n) is 5.77. The Morgan fingerprint density at radius 3 is 2.85 bits per heavy atom. The van der Waals surface area contributed by atoms with Gasteiger partial charge in [-0.3, -0.25) is 0 Å². The molecule has 4 heteroatoms. The first-order valence-corrected chi connectivity index (χ1v) is 7.49. The molecule has 3 nitrogen and oxygen atoms in total. The van der Waals surface area contributed by atoms with Crippen molar-refractivity contribution >= 4 is 0 Å². The van der Waals surface area contributed by atoms with Crippen LogP contribution in [0.3, 0.4) is 0 Å². The summed E-state index contributed by atoms with van der Waals surface area (Å²) in [5, 5.41) is 3.45. The van der Waals surface area contributed by atoms with Gasteiger partial charge in [0.1, 0.15) is 17.2 Å². The molecule has 0 saturated heterocycles. The van der Waals surface area contributed by atoms with Gasteiger partial charge in [0.15, 0.2) is 0 Å². The molecule has 1 aliphatic carbocycles. The highest BCUT2D eigenvalue weighted by atomic mass is 19.1. The maximum atomic E-state index is 13.5. The highest BCUT2D eigenvalue weighted by Gasteiger charge is 2.51. The summed E-state index contributed by atoms with van der Waals surface area (Å²) in [5.74, 6) is 0.616. The Balaban J connectivity index is 1.81. The Bertz CT molecular complexity index is 485. The van der Waals surface area contributed by atoms with Crippen molar-refractivity contribution in [2.75, 3.05) is 13.2 Å². The molecule has 1 spiro atoms. The van der Waals surface area contributed by atoms with Crippen molar-refractivity contribution in [1.29, 1.82) is 0 Å². The van der Waals surface area contributed by atoms with Gasteiger partial charge in [0, 0.05) is 37.5 Å². The average Bonchev–Trinajstić information content (AvgIpc) is 2.38. The molecule has 1 aromatic carbocycles. The van der Waals surface area contributed by atoms with Crippen LogP contribution in [-0.2, 0) is 4.74 Å². The molecule has 1 N–H and O–H groups in total. The zero-order valence-corrected chi connectivity index (χ0v) is 12.1. The molecule has 2 aliphatic rings. The molecule has 110 valence electrons. The Labute approximate surface area is 119 Å². The van der Waals surface area contributed by atoms with Crippen molar-refractivity contribution < 1.29 is 13.9 Å². The summed E-state index contributed by atoms with van der Waals surface area (Å²) < 4.78 is 25.3. The number of nitrogens with one attached hydrogen (secondary N) is 1. The van der Waals surface area contributed by atoms with Crippen molar-refractivity contribution in [1.82, 2.24) is 5.32 Å². The third-order valence-corrected chi connectivity index (χ3v) is 4.30. The molecule has 1 atom stereocenters. The van der Waals surface area contributed by atoms with Crippen molar-refractivity contribution in [3.63, 3.8) is 0 Å². The molecule has 1 saturated carbocycles. The van der Waals surface area contributed by atoms with E-state index in [0.717, 1.165) is 43.7 Å². The molecule has 1 fully saturated rings. The minimum Gasteiger partial charge on any atom is -0.487 e. The van der Waals surface area contributed by atoms with E-state index < -0.39 is 0 Å². The first-order valence-electron chi connectivity index (χ1n) is 7.49. The molecule has 0 aromatic heterocycles. The third kappa shape index (κ3) is 2.42. The number of fused-ring (bicyclic) bond motifs is 1. The fourth-order valence-electron chi connectivity index (χ4n) is 3.44. The van der Waals surface area contributed by atoms with Gasteiger partial charge in [0.05, 0.1) is 6.10 Å². The van der Waals surface area contributed by atoms with Gasteiger partial charge in [-0.15, -0.1) is 0 Å². The minimum atomic E-state index is -0.202. The fourth-order valence-corrected chi connectivity index (χ4v) is 3.44. The van der Waals surface area contributed by atoms with Gasteiger partial charge < -0.3 is 14.8 Å². The molecule has 0 amide bonds. The SMILES string of the molecule is CCNC1CC2(CC(OCC)C2)Oc2ccc(F)cc21. The monoisotopic (exact) mass is 279 g/mol. The third-order valence-electron chi connectivity index (χ3n) is 4.30. The topological polar surface area (TPSA) is 30.5 Å². The highest BCUT2D eigenvalue weighted by molar-refractivity contribution is 5.40. The van der Waals surface area contributed by atoms with Crippen molar-refractivity contribution in [3.8, 4) is 5.75 Å². The van der Waals surface area contributed by atoms with Crippen molar-refractivity contribution in [2.24, 2.45) is 0 Å². The highest BCUT2D eigenvalue weighted by Crippen LogP contribution is 2.49. The fraction of sp³-hybridized carbons (Fsp3) is 0.625. The minimum absolute atomic E-state index is 0.127. The standard InChI is InChI=1S/C16H22FNO2/c1-3-18-14-10-16(8-12(9-16)19-4-2)20-15-6-5-11(17)7-13(14)15/h5-7,12,14,18H,3-4,8-10H2,1-2H3. The van der Waals surface area contributed by atoms with Crippen LogP contribution in [0.15, 0.2) is 18.2 Å². The Hall–Kier alpha value is -1.13. The smallest absolute Gasteiger partial charge is 0.125 e. The van der Waals surface area contributed by atoms with Crippen molar-refractivity contribution in [3.05, 3.63) is 29.6 Å². The van der Waals surface area contributed by atoms with Gasteiger partial charge in [-0.25, -0.2) is 4.39 Å². The van der Waals surface area contributed by atoms with Crippen LogP contribution in [-0.4, -0.2) is 24.9 Å². The lowest BCUT2D eigenvalue weighted by Gasteiger charge is -2.51. The van der Waals surface area contributed by atoms with E-state index in [1.807, 2.05) is 6.92 Å². The van der Waals surface area contributed by atoms with Gasteiger partial charge in [-0.2, -0.15) is 0 Å². The van der Waals surface area contributed by atoms with Crippen LogP contribution >= 0.6 is 0 Å². The average molecular weight is 279 g/mol. The molecule has 1 aromatic rings. The van der Waals surface area contributed by atoms with Crippen LogP contribution in [0, 0.1) is 5.82 Å². The predicted molar refractivity (Wildman–Crippen MR) is 75.4 cm³/mol. The lowest BCUT2D eigenvalue weighted by molar-refractivity contribution is -0.135. The molecular weight excluding hydrogens is 257 g/mol. The van der Waals surface area contributed by atoms with Gasteiger partial charge in [0.2, 0.25) is 0 Å². The number of rotatable bonds is 4. The van der Waals surface area contributed by atoms with Crippen LogP contribution in [0.1, 0.15) is 44.7 Å². The van der Waals surface area contributed by atoms with E-state index in [2.05, 4.69) is 12.2 Å². The lowest BCUT2D eigenvalue weighted by atomic mass is 9.71. The maximum Gasteiger partial charge on any atom is 0.125 e. The summed E-state index contributed by atoms with van der Waals surface area (Å²) in [6.45, 7) is 5.71. The molecule has 1 unspecified atom stereocenters. The maximum absolute atomic E-state index is 13.5. The normalized spacial score (nSPS) is 31.6. The van der Waals surface area contributed by atoms with Crippen LogP contribution in [0.4, 0.5) is 4.39 Å². The summed E-state index contributed by atoms with van der Waals surface area (Å²) in [4.78, 5) is 0. The first kappa shape index (κ1) is 13.8. The van der Waals surface area contributed by atoms with E-state index in [-0.39, 0.29) is 17.5 Å². The summed E-state index contributed by atoms with van der Waals surface area (Å²) in [5.41, 5.74) is 0.814. The Morgan fingerprint density at radius 1 is 1.35 bits per heavy atom. The van der Waals surface area contributed by atoms with Crippen molar-refractivity contribution in [2.45, 2.75) is 50.9 Å². The Kier molecular flexibility index (Phi) is 3.69. The van der Waals surface area contributed by atoms with Gasteiger partial charge in [0.25, 0.3) is 0 Å². The molecule has 1 aliphatic heterocycles. The molecular formula is C16H22FNO2. The summed E-state index contributed by atoms with van der Waals surface area (Å²) in [6.07, 6.45) is 3.06. The Morgan fingerprint density at radius 2 is 2.15 bits per heavy atom. The van der Waals surface area contributed by atoms with E-state index in [9.17, 15) is 4.39 Å². The zero-order valence-electron chi connectivity index (χ0n) is 12.1. The van der Waals surface area contributed by atoms with Gasteiger partial charge in [-0.1, -0.05) is 6.92 Å².